The van der Waals surface area contributed by atoms with Gasteiger partial charge in [-0.2, -0.15) is 0 Å². The highest BCUT2D eigenvalue weighted by molar-refractivity contribution is 6.10. The van der Waals surface area contributed by atoms with Gasteiger partial charge in [-0.1, -0.05) is 145 Å². The molecule has 0 amide bonds. The molecule has 9 rings (SSSR count). The molecular weight excluding hydrogens is 574 g/mol. The predicted octanol–water partition coefficient (Wildman–Crippen LogP) is 11.3. The molecule has 4 nitrogen and oxygen atoms in total. The van der Waals surface area contributed by atoms with Crippen LogP contribution in [0.1, 0.15) is 6.85 Å². The molecule has 0 fully saturated rings. The first-order valence-electron chi connectivity index (χ1n) is 17.8. The van der Waals surface area contributed by atoms with Gasteiger partial charge >= 0.3 is 0 Å². The number of benzene rings is 7. The fourth-order valence-corrected chi connectivity index (χ4v) is 6.05. The van der Waals surface area contributed by atoms with Crippen molar-refractivity contribution < 1.29 is 11.3 Å². The smallest absolute Gasteiger partial charge is 0.164 e. The first-order chi connectivity index (χ1) is 25.3. The Morgan fingerprint density at radius 1 is 0.426 bits per heavy atom. The lowest BCUT2D eigenvalue weighted by Crippen LogP contribution is -2.00. The van der Waals surface area contributed by atoms with Crippen LogP contribution in [0.3, 0.4) is 0 Å². The van der Waals surface area contributed by atoms with Crippen molar-refractivity contribution in [2.45, 2.75) is 0 Å². The van der Waals surface area contributed by atoms with Gasteiger partial charge in [-0.25, -0.2) is 15.0 Å². The fraction of sp³-hybridized carbons (Fsp3) is 0. The Kier molecular flexibility index (Phi) is 5.28. The van der Waals surface area contributed by atoms with Gasteiger partial charge in [0.25, 0.3) is 0 Å². The first kappa shape index (κ1) is 22.2. The molecule has 4 heteroatoms. The van der Waals surface area contributed by atoms with Crippen molar-refractivity contribution in [3.63, 3.8) is 0 Å². The lowest BCUT2D eigenvalue weighted by atomic mass is 10.00. The summed E-state index contributed by atoms with van der Waals surface area (Å²) in [5, 5.41) is 3.96. The van der Waals surface area contributed by atoms with E-state index < -0.39 is 18.1 Å². The van der Waals surface area contributed by atoms with Crippen LogP contribution in [0.25, 0.3) is 89.1 Å². The van der Waals surface area contributed by atoms with Crippen LogP contribution in [0.4, 0.5) is 0 Å². The van der Waals surface area contributed by atoms with Gasteiger partial charge in [-0.15, -0.1) is 0 Å². The number of nitrogens with zero attached hydrogens (tertiary/aromatic N) is 3. The van der Waals surface area contributed by atoms with Crippen LogP contribution in [-0.4, -0.2) is 15.0 Å². The molecule has 220 valence electrons. The van der Waals surface area contributed by atoms with Crippen LogP contribution in [-0.2, 0) is 0 Å². The van der Waals surface area contributed by atoms with Gasteiger partial charge in [0.1, 0.15) is 11.2 Å². The summed E-state index contributed by atoms with van der Waals surface area (Å²) in [6.07, 6.45) is 0. The Morgan fingerprint density at radius 2 is 1.06 bits per heavy atom. The van der Waals surface area contributed by atoms with E-state index in [0.717, 1.165) is 33.0 Å². The normalized spacial score (nSPS) is 12.9. The molecule has 0 aliphatic rings. The molecular formula is C43H27N3O. The van der Waals surface area contributed by atoms with Crippen LogP contribution >= 0.6 is 0 Å². The van der Waals surface area contributed by atoms with Gasteiger partial charge in [-0.05, 0) is 45.7 Å². The standard InChI is InChI=1S/C43H27N3O/c1-3-11-30(12-4-1)36-16-9-17-38-37-25-24-35(27-39(37)47-40(36)38)43-45-41(31-13-5-2-6-14-31)44-42(46-43)32-21-18-29(19-22-32)34-23-20-28-10-7-8-15-33(28)26-34/h1-27H/i1D,3D,4D,11D,12D. The van der Waals surface area contributed by atoms with Crippen LogP contribution in [0, 0.1) is 0 Å². The second kappa shape index (κ2) is 11.2. The van der Waals surface area contributed by atoms with Gasteiger partial charge in [0.2, 0.25) is 0 Å². The molecule has 9 aromatic rings. The number of rotatable bonds is 5. The third-order valence-electron chi connectivity index (χ3n) is 8.42. The Hall–Kier alpha value is -6.39. The van der Waals surface area contributed by atoms with E-state index in [1.807, 2.05) is 78.9 Å². The van der Waals surface area contributed by atoms with E-state index in [-0.39, 0.29) is 17.6 Å². The highest BCUT2D eigenvalue weighted by Gasteiger charge is 2.16. The lowest BCUT2D eigenvalue weighted by molar-refractivity contribution is 0.670. The van der Waals surface area contributed by atoms with Crippen molar-refractivity contribution >= 4 is 32.7 Å². The van der Waals surface area contributed by atoms with Crippen LogP contribution in [0.2, 0.25) is 0 Å². The summed E-state index contributed by atoms with van der Waals surface area (Å²) in [5.41, 5.74) is 6.13. The van der Waals surface area contributed by atoms with E-state index in [1.54, 1.807) is 12.1 Å². The van der Waals surface area contributed by atoms with Gasteiger partial charge in [0.15, 0.2) is 17.5 Å². The van der Waals surface area contributed by atoms with Crippen molar-refractivity contribution in [1.82, 2.24) is 15.0 Å². The summed E-state index contributed by atoms with van der Waals surface area (Å²) >= 11 is 0. The Morgan fingerprint density at radius 3 is 1.85 bits per heavy atom. The van der Waals surface area contributed by atoms with E-state index in [1.165, 1.54) is 10.8 Å². The summed E-state index contributed by atoms with van der Waals surface area (Å²) in [6.45, 7) is 0. The van der Waals surface area contributed by atoms with Crippen molar-refractivity contribution in [2.75, 3.05) is 0 Å². The van der Waals surface area contributed by atoms with Crippen molar-refractivity contribution in [3.05, 3.63) is 164 Å². The number of hydrogen-bond acceptors (Lipinski definition) is 4. The molecule has 0 bridgehead atoms. The van der Waals surface area contributed by atoms with Gasteiger partial charge in [0.05, 0.1) is 6.85 Å². The third-order valence-corrected chi connectivity index (χ3v) is 8.42. The van der Waals surface area contributed by atoms with Gasteiger partial charge in [-0.3, -0.25) is 0 Å². The van der Waals surface area contributed by atoms with Crippen LogP contribution in [0.5, 0.6) is 0 Å². The fourth-order valence-electron chi connectivity index (χ4n) is 6.05. The molecule has 0 saturated carbocycles. The molecule has 0 atom stereocenters. The molecule has 7 aromatic carbocycles. The van der Waals surface area contributed by atoms with Crippen LogP contribution in [0.15, 0.2) is 168 Å². The van der Waals surface area contributed by atoms with E-state index in [4.69, 9.17) is 26.2 Å². The molecule has 2 heterocycles. The molecule has 47 heavy (non-hydrogen) atoms. The molecule has 0 aliphatic carbocycles. The number of fused-ring (bicyclic) bond motifs is 4. The molecule has 0 aliphatic heterocycles. The Labute approximate surface area is 278 Å². The van der Waals surface area contributed by atoms with Gasteiger partial charge in [0, 0.05) is 33.0 Å². The maximum absolute atomic E-state index is 8.56. The van der Waals surface area contributed by atoms with E-state index in [2.05, 4.69) is 42.5 Å². The maximum Gasteiger partial charge on any atom is 0.164 e. The number of hydrogen-bond donors (Lipinski definition) is 0. The zero-order chi connectivity index (χ0) is 35.5. The zero-order valence-electron chi connectivity index (χ0n) is 30.0. The minimum Gasteiger partial charge on any atom is -0.455 e. The maximum atomic E-state index is 8.56. The molecule has 0 spiro atoms. The minimum atomic E-state index is -0.437. The van der Waals surface area contributed by atoms with Gasteiger partial charge < -0.3 is 4.42 Å². The third kappa shape index (κ3) is 4.93. The van der Waals surface area contributed by atoms with E-state index in [9.17, 15) is 0 Å². The summed E-state index contributed by atoms with van der Waals surface area (Å²) < 4.78 is 48.0. The lowest BCUT2D eigenvalue weighted by Gasteiger charge is -2.09. The van der Waals surface area contributed by atoms with Crippen LogP contribution < -0.4 is 0 Å². The predicted molar refractivity (Wildman–Crippen MR) is 192 cm³/mol. The molecule has 0 saturated heterocycles. The van der Waals surface area contributed by atoms with Crippen molar-refractivity contribution in [1.29, 1.82) is 0 Å². The average Bonchev–Trinajstić information content (AvgIpc) is 3.58. The zero-order valence-corrected chi connectivity index (χ0v) is 25.0. The largest absolute Gasteiger partial charge is 0.455 e. The Balaban J connectivity index is 1.15. The quantitative estimate of drug-likeness (QED) is 0.196. The molecule has 0 unspecified atom stereocenters. The molecule has 0 N–H and O–H groups in total. The first-order valence-corrected chi connectivity index (χ1v) is 15.3. The minimum absolute atomic E-state index is 0.0946. The number of aromatic nitrogens is 3. The monoisotopic (exact) mass is 606 g/mol. The summed E-state index contributed by atoms with van der Waals surface area (Å²) in [6, 6.07) is 42.2. The highest BCUT2D eigenvalue weighted by Crippen LogP contribution is 2.37. The second-order valence-electron chi connectivity index (χ2n) is 11.3. The molecule has 0 radical (unpaired) electrons. The average molecular weight is 607 g/mol. The van der Waals surface area contributed by atoms with Crippen molar-refractivity contribution in [2.24, 2.45) is 0 Å². The Bertz CT molecular complexity index is 2820. The SMILES string of the molecule is [2H]c1c([2H])c([2H])c(-c2cccc3c2oc2cc(-c4nc(-c5ccccc5)nc(-c5ccc(-c6ccc7ccccc7c6)cc5)n4)ccc23)c([2H])c1[2H]. The number of para-hydroxylation sites is 1. The van der Waals surface area contributed by atoms with Crippen molar-refractivity contribution in [3.8, 4) is 56.4 Å². The highest BCUT2D eigenvalue weighted by atomic mass is 16.3. The number of furan rings is 1. The molecule has 2 aromatic heterocycles. The summed E-state index contributed by atoms with van der Waals surface area (Å²) in [5.74, 6) is 1.53. The summed E-state index contributed by atoms with van der Waals surface area (Å²) in [7, 11) is 0. The topological polar surface area (TPSA) is 51.8 Å². The second-order valence-corrected chi connectivity index (χ2v) is 11.3. The van der Waals surface area contributed by atoms with E-state index in [0.29, 0.717) is 39.8 Å². The summed E-state index contributed by atoms with van der Waals surface area (Å²) in [4.78, 5) is 14.7. The van der Waals surface area contributed by atoms with E-state index >= 15 is 0 Å².